The first kappa shape index (κ1) is 15.9. The Hall–Kier alpha value is -1.53. The normalized spacial score (nSPS) is 13.6. The van der Waals surface area contributed by atoms with Gasteiger partial charge in [-0.15, -0.1) is 0 Å². The molecule has 0 amide bonds. The van der Waals surface area contributed by atoms with Crippen molar-refractivity contribution in [2.45, 2.75) is 6.92 Å². The topological polar surface area (TPSA) is 48.0 Å². The van der Waals surface area contributed by atoms with Crippen LogP contribution in [0, 0.1) is 5.82 Å². The lowest BCUT2D eigenvalue weighted by Crippen LogP contribution is -2.36. The SMILES string of the molecule is CCOC(=O)c1c(Cl)c(F)cc2c1OCCN2CCOC. The van der Waals surface area contributed by atoms with Crippen molar-refractivity contribution in [1.29, 1.82) is 0 Å². The number of benzene rings is 1. The highest BCUT2D eigenvalue weighted by atomic mass is 35.5. The number of carbonyl (C=O) groups excluding carboxylic acids is 1. The molecule has 0 radical (unpaired) electrons. The monoisotopic (exact) mass is 317 g/mol. The molecule has 0 atom stereocenters. The second kappa shape index (κ2) is 6.95. The van der Waals surface area contributed by atoms with Gasteiger partial charge < -0.3 is 19.1 Å². The molecule has 1 aromatic rings. The molecule has 0 unspecified atom stereocenters. The first-order valence-electron chi connectivity index (χ1n) is 6.66. The van der Waals surface area contributed by atoms with Gasteiger partial charge in [-0.25, -0.2) is 9.18 Å². The van der Waals surface area contributed by atoms with E-state index in [1.165, 1.54) is 6.07 Å². The van der Waals surface area contributed by atoms with Gasteiger partial charge in [0.05, 0.1) is 30.5 Å². The Kier molecular flexibility index (Phi) is 5.25. The number of ether oxygens (including phenoxy) is 3. The molecule has 2 rings (SSSR count). The molecule has 1 aliphatic heterocycles. The fourth-order valence-corrected chi connectivity index (χ4v) is 2.39. The number of carbonyl (C=O) groups is 1. The summed E-state index contributed by atoms with van der Waals surface area (Å²) in [5.74, 6) is -1.10. The lowest BCUT2D eigenvalue weighted by atomic mass is 10.1. The number of methoxy groups -OCH3 is 1. The molecule has 0 aromatic heterocycles. The summed E-state index contributed by atoms with van der Waals surface area (Å²) in [7, 11) is 1.59. The molecule has 0 N–H and O–H groups in total. The van der Waals surface area contributed by atoms with Gasteiger partial charge >= 0.3 is 5.97 Å². The van der Waals surface area contributed by atoms with Crippen molar-refractivity contribution in [3.8, 4) is 5.75 Å². The third-order valence-electron chi connectivity index (χ3n) is 3.15. The zero-order valence-electron chi connectivity index (χ0n) is 11.9. The highest BCUT2D eigenvalue weighted by molar-refractivity contribution is 6.34. The van der Waals surface area contributed by atoms with Crippen molar-refractivity contribution in [2.75, 3.05) is 44.9 Å². The summed E-state index contributed by atoms with van der Waals surface area (Å²) in [5.41, 5.74) is 0.430. The van der Waals surface area contributed by atoms with Gasteiger partial charge in [0.2, 0.25) is 0 Å². The van der Waals surface area contributed by atoms with Gasteiger partial charge in [-0.05, 0) is 6.92 Å². The lowest BCUT2D eigenvalue weighted by Gasteiger charge is -2.32. The molecular formula is C14H17ClFNO4. The molecule has 0 saturated carbocycles. The summed E-state index contributed by atoms with van der Waals surface area (Å²) in [6.45, 7) is 3.86. The Morgan fingerprint density at radius 2 is 2.33 bits per heavy atom. The standard InChI is InChI=1S/C14H17ClFNO4/c1-3-20-14(18)11-12(15)9(16)8-10-13(11)21-7-5-17(10)4-6-19-2/h8H,3-7H2,1-2H3. The predicted octanol–water partition coefficient (Wildman–Crippen LogP) is 2.50. The van der Waals surface area contributed by atoms with Gasteiger partial charge in [0.1, 0.15) is 18.0 Å². The van der Waals surface area contributed by atoms with Crippen molar-refractivity contribution < 1.29 is 23.4 Å². The Morgan fingerprint density at radius 1 is 1.57 bits per heavy atom. The van der Waals surface area contributed by atoms with Gasteiger partial charge in [0.25, 0.3) is 0 Å². The molecule has 0 saturated heterocycles. The van der Waals surface area contributed by atoms with E-state index >= 15 is 0 Å². The summed E-state index contributed by atoms with van der Waals surface area (Å²) in [4.78, 5) is 13.9. The summed E-state index contributed by atoms with van der Waals surface area (Å²) < 4.78 is 29.5. The van der Waals surface area contributed by atoms with Crippen LogP contribution < -0.4 is 9.64 Å². The first-order valence-corrected chi connectivity index (χ1v) is 7.03. The van der Waals surface area contributed by atoms with E-state index in [1.54, 1.807) is 14.0 Å². The van der Waals surface area contributed by atoms with Gasteiger partial charge in [0.15, 0.2) is 5.75 Å². The molecule has 0 bridgehead atoms. The van der Waals surface area contributed by atoms with Crippen LogP contribution in [0.2, 0.25) is 5.02 Å². The quantitative estimate of drug-likeness (QED) is 0.781. The number of rotatable bonds is 5. The highest BCUT2D eigenvalue weighted by Gasteiger charge is 2.29. The van der Waals surface area contributed by atoms with Crippen LogP contribution in [0.15, 0.2) is 6.07 Å². The van der Waals surface area contributed by atoms with Crippen LogP contribution in [0.25, 0.3) is 0 Å². The zero-order chi connectivity index (χ0) is 15.4. The molecule has 0 aliphatic carbocycles. The molecule has 1 aromatic carbocycles. The smallest absolute Gasteiger partial charge is 0.343 e. The van der Waals surface area contributed by atoms with Gasteiger partial charge in [-0.1, -0.05) is 11.6 Å². The Morgan fingerprint density at radius 3 is 3.00 bits per heavy atom. The maximum absolute atomic E-state index is 14.0. The average molecular weight is 318 g/mol. The average Bonchev–Trinajstić information content (AvgIpc) is 2.46. The summed E-state index contributed by atoms with van der Waals surface area (Å²) in [5, 5.41) is -0.277. The summed E-state index contributed by atoms with van der Waals surface area (Å²) in [6, 6.07) is 1.27. The molecule has 5 nitrogen and oxygen atoms in total. The Labute approximate surface area is 127 Å². The first-order chi connectivity index (χ1) is 10.1. The van der Waals surface area contributed by atoms with E-state index < -0.39 is 11.8 Å². The van der Waals surface area contributed by atoms with E-state index in [4.69, 9.17) is 25.8 Å². The van der Waals surface area contributed by atoms with E-state index in [0.29, 0.717) is 32.0 Å². The molecule has 116 valence electrons. The van der Waals surface area contributed by atoms with Gasteiger partial charge in [-0.3, -0.25) is 0 Å². The van der Waals surface area contributed by atoms with E-state index in [-0.39, 0.29) is 22.9 Å². The third-order valence-corrected chi connectivity index (χ3v) is 3.52. The van der Waals surface area contributed by atoms with Crippen molar-refractivity contribution >= 4 is 23.3 Å². The zero-order valence-corrected chi connectivity index (χ0v) is 12.7. The molecule has 0 spiro atoms. The highest BCUT2D eigenvalue weighted by Crippen LogP contribution is 2.40. The third kappa shape index (κ3) is 3.22. The largest absolute Gasteiger partial charge is 0.489 e. The fourth-order valence-electron chi connectivity index (χ4n) is 2.17. The van der Waals surface area contributed by atoms with Crippen LogP contribution >= 0.6 is 11.6 Å². The van der Waals surface area contributed by atoms with Crippen LogP contribution in [0.5, 0.6) is 5.75 Å². The number of nitrogens with zero attached hydrogens (tertiary/aromatic N) is 1. The van der Waals surface area contributed by atoms with Gasteiger partial charge in [-0.2, -0.15) is 0 Å². The fraction of sp³-hybridized carbons (Fsp3) is 0.500. The second-order valence-electron chi connectivity index (χ2n) is 4.44. The van der Waals surface area contributed by atoms with Crippen LogP contribution in [0.3, 0.4) is 0 Å². The van der Waals surface area contributed by atoms with E-state index in [1.807, 2.05) is 4.90 Å². The minimum Gasteiger partial charge on any atom is -0.489 e. The molecule has 1 aliphatic rings. The van der Waals surface area contributed by atoms with Crippen molar-refractivity contribution in [3.05, 3.63) is 22.5 Å². The molecule has 0 fully saturated rings. The molecular weight excluding hydrogens is 301 g/mol. The lowest BCUT2D eigenvalue weighted by molar-refractivity contribution is 0.0521. The van der Waals surface area contributed by atoms with Crippen LogP contribution in [-0.4, -0.2) is 46.0 Å². The van der Waals surface area contributed by atoms with Gasteiger partial charge in [0, 0.05) is 19.7 Å². The van der Waals surface area contributed by atoms with Crippen LogP contribution in [0.4, 0.5) is 10.1 Å². The van der Waals surface area contributed by atoms with Crippen molar-refractivity contribution in [1.82, 2.24) is 0 Å². The number of hydrogen-bond acceptors (Lipinski definition) is 5. The molecule has 21 heavy (non-hydrogen) atoms. The van der Waals surface area contributed by atoms with E-state index in [0.717, 1.165) is 0 Å². The Balaban J connectivity index is 2.46. The minimum atomic E-state index is -0.688. The van der Waals surface area contributed by atoms with Crippen molar-refractivity contribution in [3.63, 3.8) is 0 Å². The summed E-state index contributed by atoms with van der Waals surface area (Å²) in [6.07, 6.45) is 0. The van der Waals surface area contributed by atoms with Crippen LogP contribution in [0.1, 0.15) is 17.3 Å². The van der Waals surface area contributed by atoms with Crippen LogP contribution in [-0.2, 0) is 9.47 Å². The maximum atomic E-state index is 14.0. The number of halogens is 2. The second-order valence-corrected chi connectivity index (χ2v) is 4.82. The predicted molar refractivity (Wildman–Crippen MR) is 77.0 cm³/mol. The number of anilines is 1. The minimum absolute atomic E-state index is 0.0596. The number of fused-ring (bicyclic) bond motifs is 1. The van der Waals surface area contributed by atoms with E-state index in [2.05, 4.69) is 0 Å². The van der Waals surface area contributed by atoms with Crippen molar-refractivity contribution in [2.24, 2.45) is 0 Å². The molecule has 7 heteroatoms. The Bertz CT molecular complexity index is 538. The number of esters is 1. The maximum Gasteiger partial charge on any atom is 0.343 e. The van der Waals surface area contributed by atoms with E-state index in [9.17, 15) is 9.18 Å². The summed E-state index contributed by atoms with van der Waals surface area (Å²) >= 11 is 5.91. The number of hydrogen-bond donors (Lipinski definition) is 0. The molecule has 1 heterocycles.